The highest BCUT2D eigenvalue weighted by Crippen LogP contribution is 2.12. The third-order valence-electron chi connectivity index (χ3n) is 5.22. The van der Waals surface area contributed by atoms with Gasteiger partial charge < -0.3 is 19.1 Å². The molecular formula is C23H33N3O3. The molecule has 0 aliphatic rings. The maximum absolute atomic E-state index is 13.0. The number of carbonyl (C=O) groups excluding carboxylic acids is 2. The lowest BCUT2D eigenvalue weighted by molar-refractivity contribution is -0.141. The van der Waals surface area contributed by atoms with Gasteiger partial charge >= 0.3 is 0 Å². The van der Waals surface area contributed by atoms with Gasteiger partial charge in [-0.25, -0.2) is 0 Å². The van der Waals surface area contributed by atoms with Crippen LogP contribution in [0.1, 0.15) is 38.4 Å². The summed E-state index contributed by atoms with van der Waals surface area (Å²) < 4.78 is 7.36. The molecule has 2 rings (SSSR count). The van der Waals surface area contributed by atoms with E-state index in [2.05, 4.69) is 16.7 Å². The second-order valence-corrected chi connectivity index (χ2v) is 7.33. The monoisotopic (exact) mass is 399 g/mol. The smallest absolute Gasteiger partial charge is 0.242 e. The summed E-state index contributed by atoms with van der Waals surface area (Å²) in [6, 6.07) is 14.3. The van der Waals surface area contributed by atoms with Gasteiger partial charge in [0.1, 0.15) is 0 Å². The molecule has 1 unspecified atom stereocenters. The fourth-order valence-electron chi connectivity index (χ4n) is 3.26. The maximum atomic E-state index is 13.0. The molecule has 1 heterocycles. The molecule has 0 aliphatic carbocycles. The number of nitrogens with zero attached hydrogens (tertiary/aromatic N) is 3. The Morgan fingerprint density at radius 2 is 1.86 bits per heavy atom. The summed E-state index contributed by atoms with van der Waals surface area (Å²) in [5.41, 5.74) is 2.26. The van der Waals surface area contributed by atoms with E-state index >= 15 is 0 Å². The van der Waals surface area contributed by atoms with Crippen LogP contribution in [0.25, 0.3) is 0 Å². The van der Waals surface area contributed by atoms with E-state index in [1.54, 1.807) is 16.9 Å². The van der Waals surface area contributed by atoms with Gasteiger partial charge in [-0.2, -0.15) is 0 Å². The summed E-state index contributed by atoms with van der Waals surface area (Å²) in [7, 11) is 1.63. The topological polar surface area (TPSA) is 54.8 Å². The van der Waals surface area contributed by atoms with Gasteiger partial charge in [0.25, 0.3) is 0 Å². The van der Waals surface area contributed by atoms with E-state index < -0.39 is 0 Å². The number of rotatable bonds is 11. The van der Waals surface area contributed by atoms with Gasteiger partial charge in [0, 0.05) is 45.1 Å². The molecule has 29 heavy (non-hydrogen) atoms. The van der Waals surface area contributed by atoms with Gasteiger partial charge in [-0.1, -0.05) is 37.3 Å². The van der Waals surface area contributed by atoms with E-state index in [9.17, 15) is 9.59 Å². The zero-order chi connectivity index (χ0) is 21.2. The Bertz CT molecular complexity index is 773. The standard InChI is InChI=1S/C23H33N3O3/c1-5-19(2)26(20(3)27)18-23(28)25(14-15-29-4)17-22-12-9-13-24(22)16-21-10-7-6-8-11-21/h6-13,19H,5,14-18H2,1-4H3. The van der Waals surface area contributed by atoms with E-state index in [-0.39, 0.29) is 24.4 Å². The molecule has 0 spiro atoms. The van der Waals surface area contributed by atoms with Crippen LogP contribution in [-0.2, 0) is 27.4 Å². The Morgan fingerprint density at radius 3 is 2.48 bits per heavy atom. The third kappa shape index (κ3) is 6.75. The lowest BCUT2D eigenvalue weighted by Crippen LogP contribution is -2.46. The molecule has 0 saturated carbocycles. The second-order valence-electron chi connectivity index (χ2n) is 7.33. The van der Waals surface area contributed by atoms with Crippen LogP contribution >= 0.6 is 0 Å². The number of aromatic nitrogens is 1. The number of ether oxygens (including phenoxy) is 1. The first-order valence-corrected chi connectivity index (χ1v) is 10.2. The number of carbonyl (C=O) groups is 2. The zero-order valence-electron chi connectivity index (χ0n) is 18.0. The average Bonchev–Trinajstić information content (AvgIpc) is 3.15. The zero-order valence-corrected chi connectivity index (χ0v) is 18.0. The first-order valence-electron chi connectivity index (χ1n) is 10.2. The Labute approximate surface area is 174 Å². The predicted molar refractivity (Wildman–Crippen MR) is 114 cm³/mol. The van der Waals surface area contributed by atoms with Gasteiger partial charge in [0.15, 0.2) is 0 Å². The molecular weight excluding hydrogens is 366 g/mol. The quantitative estimate of drug-likeness (QED) is 0.583. The number of methoxy groups -OCH3 is 1. The molecule has 2 aromatic rings. The lowest BCUT2D eigenvalue weighted by Gasteiger charge is -2.30. The fraction of sp³-hybridized carbons (Fsp3) is 0.478. The van der Waals surface area contributed by atoms with Gasteiger partial charge in [0.2, 0.25) is 11.8 Å². The van der Waals surface area contributed by atoms with Crippen LogP contribution in [0.2, 0.25) is 0 Å². The van der Waals surface area contributed by atoms with E-state index in [0.717, 1.165) is 18.7 Å². The lowest BCUT2D eigenvalue weighted by atomic mass is 10.2. The molecule has 2 amide bonds. The van der Waals surface area contributed by atoms with Crippen molar-refractivity contribution in [2.24, 2.45) is 0 Å². The number of hydrogen-bond donors (Lipinski definition) is 0. The minimum atomic E-state index is -0.0770. The second kappa shape index (κ2) is 11.4. The predicted octanol–water partition coefficient (Wildman–Crippen LogP) is 3.16. The van der Waals surface area contributed by atoms with Gasteiger partial charge in [-0.3, -0.25) is 9.59 Å². The molecule has 0 aliphatic heterocycles. The van der Waals surface area contributed by atoms with Crippen molar-refractivity contribution in [2.75, 3.05) is 26.8 Å². The first kappa shape index (κ1) is 22.7. The van der Waals surface area contributed by atoms with Crippen LogP contribution < -0.4 is 0 Å². The number of amides is 2. The molecule has 0 radical (unpaired) electrons. The Balaban J connectivity index is 2.13. The summed E-state index contributed by atoms with van der Waals surface area (Å²) in [6.45, 7) is 7.77. The Hall–Kier alpha value is -2.60. The maximum Gasteiger partial charge on any atom is 0.242 e. The average molecular weight is 400 g/mol. The van der Waals surface area contributed by atoms with Crippen LogP contribution in [0.4, 0.5) is 0 Å². The molecule has 0 saturated heterocycles. The highest BCUT2D eigenvalue weighted by Gasteiger charge is 2.23. The Morgan fingerprint density at radius 1 is 1.14 bits per heavy atom. The van der Waals surface area contributed by atoms with E-state index in [1.807, 2.05) is 50.4 Å². The van der Waals surface area contributed by atoms with Crippen LogP contribution in [0, 0.1) is 0 Å². The molecule has 6 heteroatoms. The van der Waals surface area contributed by atoms with Crippen molar-refractivity contribution < 1.29 is 14.3 Å². The molecule has 1 aromatic carbocycles. The molecule has 1 atom stereocenters. The van der Waals surface area contributed by atoms with Gasteiger partial charge in [0.05, 0.1) is 19.7 Å². The molecule has 0 bridgehead atoms. The van der Waals surface area contributed by atoms with E-state index in [4.69, 9.17) is 4.74 Å². The van der Waals surface area contributed by atoms with Crippen LogP contribution in [0.3, 0.4) is 0 Å². The minimum absolute atomic E-state index is 0.0302. The summed E-state index contributed by atoms with van der Waals surface area (Å²) in [5.74, 6) is -0.142. The van der Waals surface area contributed by atoms with Crippen molar-refractivity contribution in [3.8, 4) is 0 Å². The molecule has 1 aromatic heterocycles. The normalized spacial score (nSPS) is 11.9. The van der Waals surface area contributed by atoms with E-state index in [0.29, 0.717) is 19.7 Å². The van der Waals surface area contributed by atoms with Crippen molar-refractivity contribution in [1.29, 1.82) is 0 Å². The highest BCUT2D eigenvalue weighted by atomic mass is 16.5. The molecule has 6 nitrogen and oxygen atoms in total. The minimum Gasteiger partial charge on any atom is -0.383 e. The molecule has 0 fully saturated rings. The third-order valence-corrected chi connectivity index (χ3v) is 5.22. The van der Waals surface area contributed by atoms with Crippen LogP contribution in [0.5, 0.6) is 0 Å². The largest absolute Gasteiger partial charge is 0.383 e. The summed E-state index contributed by atoms with van der Waals surface area (Å²) in [5, 5.41) is 0. The number of benzene rings is 1. The highest BCUT2D eigenvalue weighted by molar-refractivity contribution is 5.84. The Kier molecular flexibility index (Phi) is 8.93. The van der Waals surface area contributed by atoms with Crippen molar-refractivity contribution in [3.63, 3.8) is 0 Å². The van der Waals surface area contributed by atoms with Crippen molar-refractivity contribution in [1.82, 2.24) is 14.4 Å². The summed E-state index contributed by atoms with van der Waals surface area (Å²) in [4.78, 5) is 28.5. The molecule has 158 valence electrons. The summed E-state index contributed by atoms with van der Waals surface area (Å²) in [6.07, 6.45) is 2.84. The van der Waals surface area contributed by atoms with Gasteiger partial charge in [-0.15, -0.1) is 0 Å². The number of hydrogen-bond acceptors (Lipinski definition) is 3. The SMILES string of the molecule is CCC(C)N(CC(=O)N(CCOC)Cc1cccn1Cc1ccccc1)C(C)=O. The van der Waals surface area contributed by atoms with Crippen molar-refractivity contribution in [2.45, 2.75) is 46.3 Å². The van der Waals surface area contributed by atoms with E-state index in [1.165, 1.54) is 12.5 Å². The summed E-state index contributed by atoms with van der Waals surface area (Å²) >= 11 is 0. The van der Waals surface area contributed by atoms with Gasteiger partial charge in [-0.05, 0) is 31.0 Å². The van der Waals surface area contributed by atoms with Crippen molar-refractivity contribution in [3.05, 3.63) is 59.9 Å². The van der Waals surface area contributed by atoms with Crippen molar-refractivity contribution >= 4 is 11.8 Å². The van der Waals surface area contributed by atoms with Crippen LogP contribution in [0.15, 0.2) is 48.7 Å². The fourth-order valence-corrected chi connectivity index (χ4v) is 3.26. The first-order chi connectivity index (χ1) is 14.0. The van der Waals surface area contributed by atoms with Crippen LogP contribution in [-0.4, -0.2) is 59.0 Å². The molecule has 0 N–H and O–H groups in total.